The van der Waals surface area contributed by atoms with Gasteiger partial charge >= 0.3 is 6.18 Å². The molecule has 0 aliphatic heterocycles. The summed E-state index contributed by atoms with van der Waals surface area (Å²) in [6, 6.07) is 15.3. The number of alkyl halides is 3. The first-order valence-corrected chi connectivity index (χ1v) is 13.8. The highest BCUT2D eigenvalue weighted by molar-refractivity contribution is 8.00. The number of halogens is 3. The van der Waals surface area contributed by atoms with E-state index in [9.17, 15) is 18.0 Å². The van der Waals surface area contributed by atoms with Crippen molar-refractivity contribution in [1.29, 1.82) is 0 Å². The lowest BCUT2D eigenvalue weighted by atomic mass is 10.0. The molecule has 1 heterocycles. The van der Waals surface area contributed by atoms with Crippen molar-refractivity contribution in [2.75, 3.05) is 33.8 Å². The van der Waals surface area contributed by atoms with Crippen molar-refractivity contribution >= 4 is 23.4 Å². The van der Waals surface area contributed by atoms with Gasteiger partial charge in [-0.05, 0) is 55.0 Å². The van der Waals surface area contributed by atoms with E-state index < -0.39 is 22.9 Å². The van der Waals surface area contributed by atoms with Gasteiger partial charge in [0.05, 0.1) is 44.9 Å². The van der Waals surface area contributed by atoms with E-state index in [4.69, 9.17) is 23.9 Å². The maximum atomic E-state index is 13.5. The fraction of sp³-hybridized carbons (Fsp3) is 0.267. The minimum atomic E-state index is -4.62. The second kappa shape index (κ2) is 13.6. The summed E-state index contributed by atoms with van der Waals surface area (Å²) < 4.78 is 62.1. The first kappa shape index (κ1) is 31.4. The molecule has 226 valence electrons. The molecule has 0 saturated heterocycles. The molecule has 1 amide bonds. The Labute approximate surface area is 250 Å². The van der Waals surface area contributed by atoms with Crippen LogP contribution in [0.4, 0.5) is 18.9 Å². The number of carbonyl (C=O) groups excluding carboxylic acids is 1. The fourth-order valence-electron chi connectivity index (χ4n) is 4.23. The summed E-state index contributed by atoms with van der Waals surface area (Å²) in [6.45, 7) is 1.74. The molecule has 3 aromatic carbocycles. The van der Waals surface area contributed by atoms with Crippen LogP contribution in [0.1, 0.15) is 18.9 Å². The van der Waals surface area contributed by atoms with Gasteiger partial charge in [-0.15, -0.1) is 10.2 Å². The van der Waals surface area contributed by atoms with E-state index in [1.807, 2.05) is 0 Å². The van der Waals surface area contributed by atoms with Crippen LogP contribution in [0.15, 0.2) is 65.8 Å². The average molecular weight is 615 g/mol. The summed E-state index contributed by atoms with van der Waals surface area (Å²) in [7, 11) is 6.08. The number of para-hydroxylation sites is 1. The van der Waals surface area contributed by atoms with Gasteiger partial charge in [-0.2, -0.15) is 13.2 Å². The number of hydrogen-bond acceptors (Lipinski definition) is 9. The summed E-state index contributed by atoms with van der Waals surface area (Å²) in [6.07, 6.45) is -4.34. The smallest absolute Gasteiger partial charge is 0.418 e. The summed E-state index contributed by atoms with van der Waals surface area (Å²) in [5, 5.41) is 10.5. The van der Waals surface area contributed by atoms with Crippen LogP contribution < -0.4 is 24.3 Å². The number of amides is 1. The van der Waals surface area contributed by atoms with Gasteiger partial charge in [0, 0.05) is 11.1 Å². The molecule has 0 unspecified atom stereocenters. The second-order valence-corrected chi connectivity index (χ2v) is 10.1. The van der Waals surface area contributed by atoms with Crippen molar-refractivity contribution in [3.05, 3.63) is 66.2 Å². The predicted molar refractivity (Wildman–Crippen MR) is 157 cm³/mol. The van der Waals surface area contributed by atoms with Crippen LogP contribution in [0.5, 0.6) is 23.0 Å². The molecule has 0 fully saturated rings. The van der Waals surface area contributed by atoms with E-state index in [-0.39, 0.29) is 17.3 Å². The van der Waals surface area contributed by atoms with E-state index in [0.717, 1.165) is 17.8 Å². The Balaban J connectivity index is 1.74. The zero-order chi connectivity index (χ0) is 31.1. The molecular formula is C30H29F3N4O5S. The fourth-order valence-corrected chi connectivity index (χ4v) is 5.04. The molecule has 0 bridgehead atoms. The molecule has 1 aromatic heterocycles. The molecule has 1 atom stereocenters. The Morgan fingerprint density at radius 2 is 1.37 bits per heavy atom. The Morgan fingerprint density at radius 1 is 0.814 bits per heavy atom. The van der Waals surface area contributed by atoms with Crippen LogP contribution in [0, 0.1) is 0 Å². The number of nitrogens with one attached hydrogen (secondary N) is 1. The van der Waals surface area contributed by atoms with Crippen molar-refractivity contribution in [3.63, 3.8) is 0 Å². The lowest BCUT2D eigenvalue weighted by Gasteiger charge is -2.18. The molecule has 0 aliphatic rings. The number of nitrogens with zero attached hydrogens (tertiary/aromatic N) is 3. The molecule has 0 spiro atoms. The van der Waals surface area contributed by atoms with Gasteiger partial charge in [-0.1, -0.05) is 30.8 Å². The lowest BCUT2D eigenvalue weighted by molar-refractivity contribution is -0.137. The molecule has 0 radical (unpaired) electrons. The van der Waals surface area contributed by atoms with Gasteiger partial charge in [0.15, 0.2) is 23.0 Å². The number of methoxy groups -OCH3 is 4. The van der Waals surface area contributed by atoms with Crippen LogP contribution in [0.2, 0.25) is 0 Å². The monoisotopic (exact) mass is 614 g/mol. The predicted octanol–water partition coefficient (Wildman–Crippen LogP) is 6.77. The molecule has 4 rings (SSSR count). The highest BCUT2D eigenvalue weighted by Gasteiger charge is 2.34. The zero-order valence-electron chi connectivity index (χ0n) is 24.0. The average Bonchev–Trinajstić information content (AvgIpc) is 3.02. The van der Waals surface area contributed by atoms with Crippen molar-refractivity contribution in [3.8, 4) is 45.5 Å². The lowest BCUT2D eigenvalue weighted by Crippen LogP contribution is -2.26. The third-order valence-electron chi connectivity index (χ3n) is 6.38. The van der Waals surface area contributed by atoms with E-state index in [1.54, 1.807) is 43.3 Å². The summed E-state index contributed by atoms with van der Waals surface area (Å²) in [5.74, 6) is 1.35. The third-order valence-corrected chi connectivity index (χ3v) is 7.60. The van der Waals surface area contributed by atoms with Gasteiger partial charge in [-0.25, -0.2) is 4.98 Å². The van der Waals surface area contributed by atoms with Crippen LogP contribution in [0.3, 0.4) is 0 Å². The van der Waals surface area contributed by atoms with Crippen LogP contribution in [-0.4, -0.2) is 54.8 Å². The number of benzene rings is 3. The molecule has 1 N–H and O–H groups in total. The maximum Gasteiger partial charge on any atom is 0.418 e. The van der Waals surface area contributed by atoms with Crippen molar-refractivity contribution < 1.29 is 36.9 Å². The number of hydrogen-bond donors (Lipinski definition) is 1. The molecule has 0 aliphatic carbocycles. The Morgan fingerprint density at radius 3 is 1.91 bits per heavy atom. The number of rotatable bonds is 11. The summed E-state index contributed by atoms with van der Waals surface area (Å²) >= 11 is 0.995. The number of ether oxygens (including phenoxy) is 4. The zero-order valence-corrected chi connectivity index (χ0v) is 24.8. The van der Waals surface area contributed by atoms with Crippen molar-refractivity contribution in [2.45, 2.75) is 29.9 Å². The van der Waals surface area contributed by atoms with Crippen molar-refractivity contribution in [2.24, 2.45) is 0 Å². The van der Waals surface area contributed by atoms with Crippen molar-refractivity contribution in [1.82, 2.24) is 15.2 Å². The topological polar surface area (TPSA) is 105 Å². The highest BCUT2D eigenvalue weighted by Crippen LogP contribution is 2.39. The van der Waals surface area contributed by atoms with E-state index in [2.05, 4.69) is 15.5 Å². The molecule has 4 aromatic rings. The Kier molecular flexibility index (Phi) is 9.96. The standard InChI is InChI=1S/C30H29F3N4O5S/c1-6-25(28(38)34-20-10-8-7-9-19(20)30(31,32)33)43-29-35-26(17-11-13-21(39-2)23(15-17)41-4)27(36-37-29)18-12-14-22(40-3)24(16-18)42-5/h7-16,25H,6H2,1-5H3,(H,34,38)/t25-/m0/s1. The molecule has 0 saturated carbocycles. The third kappa shape index (κ3) is 7.11. The first-order chi connectivity index (χ1) is 20.6. The molecular weight excluding hydrogens is 585 g/mol. The van der Waals surface area contributed by atoms with Gasteiger partial charge in [0.25, 0.3) is 0 Å². The Hall–Kier alpha value is -4.52. The van der Waals surface area contributed by atoms with Gasteiger partial charge in [-0.3, -0.25) is 4.79 Å². The summed E-state index contributed by atoms with van der Waals surface area (Å²) in [5.41, 5.74) is 0.824. The maximum absolute atomic E-state index is 13.5. The van der Waals surface area contributed by atoms with Crippen LogP contribution in [0.25, 0.3) is 22.5 Å². The number of carbonyl (C=O) groups is 1. The van der Waals surface area contributed by atoms with Gasteiger partial charge < -0.3 is 24.3 Å². The minimum absolute atomic E-state index is 0.153. The number of thioether (sulfide) groups is 1. The SMILES string of the molecule is CC[C@H](Sc1nnc(-c2ccc(OC)c(OC)c2)c(-c2ccc(OC)c(OC)c2)n1)C(=O)Nc1ccccc1C(F)(F)F. The van der Waals surface area contributed by atoms with Gasteiger partial charge in [0.1, 0.15) is 11.4 Å². The van der Waals surface area contributed by atoms with E-state index in [0.29, 0.717) is 45.5 Å². The summed E-state index contributed by atoms with van der Waals surface area (Å²) in [4.78, 5) is 17.9. The largest absolute Gasteiger partial charge is 0.493 e. The van der Waals surface area contributed by atoms with E-state index in [1.165, 1.54) is 46.6 Å². The number of aromatic nitrogens is 3. The van der Waals surface area contributed by atoms with Crippen LogP contribution in [-0.2, 0) is 11.0 Å². The second-order valence-electron chi connectivity index (χ2n) is 8.98. The highest BCUT2D eigenvalue weighted by atomic mass is 32.2. The molecule has 43 heavy (non-hydrogen) atoms. The first-order valence-electron chi connectivity index (χ1n) is 13.0. The molecule has 9 nitrogen and oxygen atoms in total. The van der Waals surface area contributed by atoms with Gasteiger partial charge in [0.2, 0.25) is 11.1 Å². The molecule has 13 heteroatoms. The van der Waals surface area contributed by atoms with E-state index >= 15 is 0 Å². The van der Waals surface area contributed by atoms with Crippen LogP contribution >= 0.6 is 11.8 Å². The Bertz CT molecular complexity index is 1600. The number of anilines is 1. The minimum Gasteiger partial charge on any atom is -0.493 e. The quantitative estimate of drug-likeness (QED) is 0.183. The normalized spacial score (nSPS) is 11.9.